The van der Waals surface area contributed by atoms with Gasteiger partial charge in [-0.3, -0.25) is 0 Å². The lowest BCUT2D eigenvalue weighted by molar-refractivity contribution is -0.870. The quantitative estimate of drug-likeness (QED) is 0.338. The van der Waals surface area contributed by atoms with Crippen LogP contribution < -0.4 is 5.32 Å². The molecule has 0 saturated heterocycles. The van der Waals surface area contributed by atoms with Crippen molar-refractivity contribution in [2.45, 2.75) is 25.3 Å². The van der Waals surface area contributed by atoms with Crippen LogP contribution in [0.5, 0.6) is 0 Å². The van der Waals surface area contributed by atoms with Crippen molar-refractivity contribution in [2.75, 3.05) is 40.8 Å². The van der Waals surface area contributed by atoms with Crippen LogP contribution in [-0.4, -0.2) is 55.5 Å². The van der Waals surface area contributed by atoms with Crippen LogP contribution in [0.2, 0.25) is 6.04 Å². The summed E-state index contributed by atoms with van der Waals surface area (Å²) in [6.07, 6.45) is 4.05. The molecule has 2 nitrogen and oxygen atoms in total. The highest BCUT2D eigenvalue weighted by atomic mass is 28.1. The minimum atomic E-state index is 1.10. The molecule has 0 amide bonds. The average Bonchev–Trinajstić information content (AvgIpc) is 2.01. The normalized spacial score (nSPS) is 12.2. The summed E-state index contributed by atoms with van der Waals surface area (Å²) in [7, 11) is 8.14. The number of quaternary nitrogens is 1. The maximum absolute atomic E-state index is 3.49. The smallest absolute Gasteiger partial charge is 0.0780 e. The fraction of sp³-hybridized carbons (Fsp3) is 1.00. The molecular formula is C10H27N2Si+. The van der Waals surface area contributed by atoms with Gasteiger partial charge in [-0.2, -0.15) is 0 Å². The highest BCUT2D eigenvalue weighted by Gasteiger charge is 2.04. The van der Waals surface area contributed by atoms with E-state index in [2.05, 4.69) is 26.5 Å². The minimum Gasteiger partial charge on any atom is -0.331 e. The van der Waals surface area contributed by atoms with E-state index in [1.807, 2.05) is 0 Å². The van der Waals surface area contributed by atoms with Gasteiger partial charge in [0, 0.05) is 10.2 Å². The first kappa shape index (κ1) is 13.1. The zero-order valence-corrected chi connectivity index (χ0v) is 11.9. The van der Waals surface area contributed by atoms with Crippen molar-refractivity contribution in [2.24, 2.45) is 0 Å². The Morgan fingerprint density at radius 3 is 2.15 bits per heavy atom. The van der Waals surface area contributed by atoms with Crippen molar-refractivity contribution in [1.82, 2.24) is 5.32 Å². The van der Waals surface area contributed by atoms with Crippen LogP contribution in [0.25, 0.3) is 0 Å². The monoisotopic (exact) mass is 203 g/mol. The highest BCUT2D eigenvalue weighted by Crippen LogP contribution is 1.96. The fourth-order valence-electron chi connectivity index (χ4n) is 1.26. The minimum absolute atomic E-state index is 1.10. The number of nitrogens with zero attached hydrogens (tertiary/aromatic N) is 1. The largest absolute Gasteiger partial charge is 0.331 e. The predicted octanol–water partition coefficient (Wildman–Crippen LogP) is 0.236. The van der Waals surface area contributed by atoms with Crippen molar-refractivity contribution >= 4 is 10.2 Å². The van der Waals surface area contributed by atoms with Crippen LogP contribution >= 0.6 is 0 Å². The third kappa shape index (κ3) is 12.1. The number of hydrogen-bond donors (Lipinski definition) is 1. The Labute approximate surface area is 86.7 Å². The summed E-state index contributed by atoms with van der Waals surface area (Å²) in [6, 6.07) is 1.44. The van der Waals surface area contributed by atoms with Gasteiger partial charge in [0.25, 0.3) is 0 Å². The van der Waals surface area contributed by atoms with Gasteiger partial charge in [0.05, 0.1) is 27.7 Å². The summed E-state index contributed by atoms with van der Waals surface area (Å²) >= 11 is 0. The third-order valence-corrected chi connectivity index (χ3v) is 2.85. The van der Waals surface area contributed by atoms with Crippen molar-refractivity contribution in [1.29, 1.82) is 0 Å². The van der Waals surface area contributed by atoms with Gasteiger partial charge in [-0.1, -0.05) is 6.04 Å². The molecule has 0 atom stereocenters. The molecule has 0 aliphatic carbocycles. The first-order chi connectivity index (χ1) is 6.06. The van der Waals surface area contributed by atoms with Crippen LogP contribution in [0.1, 0.15) is 19.3 Å². The fourth-order valence-corrected chi connectivity index (χ4v) is 1.62. The van der Waals surface area contributed by atoms with Crippen molar-refractivity contribution in [3.8, 4) is 0 Å². The molecular weight excluding hydrogens is 176 g/mol. The van der Waals surface area contributed by atoms with Crippen LogP contribution in [0.4, 0.5) is 0 Å². The third-order valence-electron chi connectivity index (χ3n) is 2.14. The van der Waals surface area contributed by atoms with Gasteiger partial charge in [-0.25, -0.2) is 0 Å². The molecule has 0 radical (unpaired) electrons. The first-order valence-electron chi connectivity index (χ1n) is 5.57. The van der Waals surface area contributed by atoms with Gasteiger partial charge >= 0.3 is 0 Å². The molecule has 0 aliphatic heterocycles. The van der Waals surface area contributed by atoms with E-state index in [1.54, 1.807) is 0 Å². The summed E-state index contributed by atoms with van der Waals surface area (Å²) in [5.41, 5.74) is 0. The molecule has 0 aromatic heterocycles. The van der Waals surface area contributed by atoms with Crippen LogP contribution in [0.15, 0.2) is 0 Å². The van der Waals surface area contributed by atoms with E-state index in [9.17, 15) is 0 Å². The molecule has 80 valence electrons. The van der Waals surface area contributed by atoms with Gasteiger partial charge in [0.1, 0.15) is 0 Å². The Bertz CT molecular complexity index is 110. The molecule has 0 aromatic carbocycles. The average molecular weight is 203 g/mol. The molecule has 0 heterocycles. The van der Waals surface area contributed by atoms with Gasteiger partial charge in [-0.15, -0.1) is 0 Å². The van der Waals surface area contributed by atoms with Gasteiger partial charge in [-0.05, 0) is 32.4 Å². The highest BCUT2D eigenvalue weighted by molar-refractivity contribution is 6.08. The number of unbranched alkanes of at least 4 members (excludes halogenated alkanes) is 1. The van der Waals surface area contributed by atoms with Crippen LogP contribution in [0.3, 0.4) is 0 Å². The second kappa shape index (κ2) is 7.53. The van der Waals surface area contributed by atoms with E-state index in [0.717, 1.165) is 4.48 Å². The van der Waals surface area contributed by atoms with Gasteiger partial charge in [0.2, 0.25) is 0 Å². The molecule has 0 aliphatic rings. The molecule has 0 unspecified atom stereocenters. The second-order valence-electron chi connectivity index (χ2n) is 4.82. The van der Waals surface area contributed by atoms with Gasteiger partial charge < -0.3 is 9.80 Å². The standard InChI is InChI=1S/C10H27N2Si/c1-12(2,3)9-5-4-7-11-8-6-10-13/h11H,4-10H2,1-3,13H3/q+1. The lowest BCUT2D eigenvalue weighted by Gasteiger charge is -2.23. The van der Waals surface area contributed by atoms with E-state index in [-0.39, 0.29) is 0 Å². The van der Waals surface area contributed by atoms with Crippen LogP contribution in [0, 0.1) is 0 Å². The van der Waals surface area contributed by atoms with Crippen LogP contribution in [-0.2, 0) is 0 Å². The van der Waals surface area contributed by atoms with E-state index in [1.165, 1.54) is 55.2 Å². The van der Waals surface area contributed by atoms with Gasteiger partial charge in [0.15, 0.2) is 0 Å². The lowest BCUT2D eigenvalue weighted by atomic mass is 10.3. The summed E-state index contributed by atoms with van der Waals surface area (Å²) in [6.45, 7) is 3.73. The molecule has 0 saturated carbocycles. The Kier molecular flexibility index (Phi) is 7.61. The number of nitrogens with one attached hydrogen (secondary N) is 1. The molecule has 0 fully saturated rings. The Balaban J connectivity index is 3.00. The molecule has 3 heteroatoms. The SMILES string of the molecule is C[N+](C)(C)CCCCNCCC[SiH3]. The number of hydrogen-bond acceptors (Lipinski definition) is 1. The Morgan fingerprint density at radius 2 is 1.62 bits per heavy atom. The summed E-state index contributed by atoms with van der Waals surface area (Å²) in [5, 5.41) is 3.49. The maximum Gasteiger partial charge on any atom is 0.0780 e. The summed E-state index contributed by atoms with van der Waals surface area (Å²) in [4.78, 5) is 0. The molecule has 0 aromatic rings. The van der Waals surface area contributed by atoms with E-state index >= 15 is 0 Å². The van der Waals surface area contributed by atoms with Crippen molar-refractivity contribution in [3.63, 3.8) is 0 Å². The van der Waals surface area contributed by atoms with Crippen molar-refractivity contribution < 1.29 is 4.48 Å². The topological polar surface area (TPSA) is 12.0 Å². The molecule has 0 rings (SSSR count). The number of rotatable bonds is 8. The lowest BCUT2D eigenvalue weighted by Crippen LogP contribution is -2.35. The zero-order valence-electron chi connectivity index (χ0n) is 9.90. The molecule has 0 bridgehead atoms. The summed E-state index contributed by atoms with van der Waals surface area (Å²) in [5.74, 6) is 0. The molecule has 1 N–H and O–H groups in total. The molecule has 0 spiro atoms. The maximum atomic E-state index is 3.49. The Morgan fingerprint density at radius 1 is 1.00 bits per heavy atom. The van der Waals surface area contributed by atoms with E-state index < -0.39 is 0 Å². The summed E-state index contributed by atoms with van der Waals surface area (Å²) < 4.78 is 1.10. The van der Waals surface area contributed by atoms with Crippen molar-refractivity contribution in [3.05, 3.63) is 0 Å². The zero-order chi connectivity index (χ0) is 10.2. The Hall–Kier alpha value is 0.137. The first-order valence-corrected chi connectivity index (χ1v) is 6.99. The van der Waals surface area contributed by atoms with E-state index in [0.29, 0.717) is 0 Å². The van der Waals surface area contributed by atoms with E-state index in [4.69, 9.17) is 0 Å². The predicted molar refractivity (Wildman–Crippen MR) is 64.4 cm³/mol. The second-order valence-corrected chi connectivity index (χ2v) is 5.82. The molecule has 13 heavy (non-hydrogen) atoms.